The first-order valence-electron chi connectivity index (χ1n) is 5.58. The lowest BCUT2D eigenvalue weighted by Crippen LogP contribution is -2.09. The third-order valence-electron chi connectivity index (χ3n) is 2.61. The number of fused-ring (bicyclic) bond motifs is 1. The maximum absolute atomic E-state index is 11.4. The molecule has 0 aliphatic carbocycles. The summed E-state index contributed by atoms with van der Waals surface area (Å²) in [6.45, 7) is 2.30. The Hall–Kier alpha value is -1.86. The van der Waals surface area contributed by atoms with Gasteiger partial charge in [0.05, 0.1) is 18.2 Å². The van der Waals surface area contributed by atoms with Gasteiger partial charge in [-0.3, -0.25) is 4.79 Å². The second kappa shape index (κ2) is 4.98. The molecule has 0 amide bonds. The van der Waals surface area contributed by atoms with Gasteiger partial charge in [0.1, 0.15) is 0 Å². The van der Waals surface area contributed by atoms with Crippen LogP contribution in [0.4, 0.5) is 0 Å². The van der Waals surface area contributed by atoms with Crippen molar-refractivity contribution in [2.24, 2.45) is 0 Å². The fraction of sp³-hybridized carbons (Fsp3) is 0.385. The number of carbonyl (C=O) groups excluding carboxylic acids is 1. The molecule has 0 fully saturated rings. The van der Waals surface area contributed by atoms with Gasteiger partial charge in [0.2, 0.25) is 6.29 Å². The van der Waals surface area contributed by atoms with E-state index in [1.54, 1.807) is 18.2 Å². The van der Waals surface area contributed by atoms with Crippen molar-refractivity contribution in [3.05, 3.63) is 34.9 Å². The predicted octanol–water partition coefficient (Wildman–Crippen LogP) is 2.43. The molecule has 0 saturated heterocycles. The van der Waals surface area contributed by atoms with E-state index < -0.39 is 6.29 Å². The number of ether oxygens (including phenoxy) is 2. The zero-order chi connectivity index (χ0) is 12.3. The fourth-order valence-corrected chi connectivity index (χ4v) is 1.77. The summed E-state index contributed by atoms with van der Waals surface area (Å²) in [7, 11) is 0. The van der Waals surface area contributed by atoms with Crippen LogP contribution >= 0.6 is 0 Å². The van der Waals surface area contributed by atoms with Gasteiger partial charge >= 0.3 is 5.97 Å². The van der Waals surface area contributed by atoms with E-state index in [1.165, 1.54) is 0 Å². The van der Waals surface area contributed by atoms with Crippen molar-refractivity contribution in [3.63, 3.8) is 0 Å². The average Bonchev–Trinajstić information content (AvgIpc) is 2.72. The van der Waals surface area contributed by atoms with Crippen LogP contribution < -0.4 is 0 Å². The highest BCUT2D eigenvalue weighted by atomic mass is 16.7. The normalized spacial score (nSPS) is 17.3. The van der Waals surface area contributed by atoms with Crippen LogP contribution in [0.15, 0.2) is 18.2 Å². The Bertz CT molecular complexity index is 476. The Balaban J connectivity index is 2.12. The molecule has 0 N–H and O–H groups in total. The Morgan fingerprint density at radius 1 is 1.65 bits per heavy atom. The molecular formula is C13H13NO3. The molecule has 1 unspecified atom stereocenters. The highest BCUT2D eigenvalue weighted by Gasteiger charge is 2.26. The van der Waals surface area contributed by atoms with Crippen molar-refractivity contribution >= 4 is 5.97 Å². The summed E-state index contributed by atoms with van der Waals surface area (Å²) in [4.78, 5) is 11.4. The Kier molecular flexibility index (Phi) is 3.40. The molecule has 4 heteroatoms. The largest absolute Gasteiger partial charge is 0.431 e. The van der Waals surface area contributed by atoms with Gasteiger partial charge < -0.3 is 9.47 Å². The minimum atomic E-state index is -0.614. The molecule has 1 atom stereocenters. The van der Waals surface area contributed by atoms with Crippen LogP contribution in [0, 0.1) is 11.3 Å². The van der Waals surface area contributed by atoms with Gasteiger partial charge in [-0.05, 0) is 24.1 Å². The molecule has 0 aromatic heterocycles. The minimum absolute atomic E-state index is 0.255. The van der Waals surface area contributed by atoms with E-state index in [0.29, 0.717) is 18.6 Å². The van der Waals surface area contributed by atoms with Crippen molar-refractivity contribution < 1.29 is 14.3 Å². The monoisotopic (exact) mass is 231 g/mol. The second-order valence-corrected chi connectivity index (χ2v) is 3.91. The molecule has 88 valence electrons. The minimum Gasteiger partial charge on any atom is -0.431 e. The molecule has 1 heterocycles. The summed E-state index contributed by atoms with van der Waals surface area (Å²) in [5.41, 5.74) is 2.35. The number of hydrogen-bond donors (Lipinski definition) is 0. The summed E-state index contributed by atoms with van der Waals surface area (Å²) in [6.07, 6.45) is 0.536. The van der Waals surface area contributed by atoms with Gasteiger partial charge in [0.25, 0.3) is 0 Å². The lowest BCUT2D eigenvalue weighted by atomic mass is 10.1. The van der Waals surface area contributed by atoms with Crippen molar-refractivity contribution in [2.45, 2.75) is 32.7 Å². The lowest BCUT2D eigenvalue weighted by molar-refractivity contribution is -0.178. The molecule has 1 aromatic carbocycles. The molecule has 0 spiro atoms. The first-order chi connectivity index (χ1) is 8.24. The summed E-state index contributed by atoms with van der Waals surface area (Å²) in [5.74, 6) is -0.255. The van der Waals surface area contributed by atoms with Crippen molar-refractivity contribution in [2.75, 3.05) is 0 Å². The van der Waals surface area contributed by atoms with E-state index in [2.05, 4.69) is 6.07 Å². The maximum Gasteiger partial charge on any atom is 0.308 e. The van der Waals surface area contributed by atoms with Crippen LogP contribution in [0.25, 0.3) is 0 Å². The van der Waals surface area contributed by atoms with E-state index in [0.717, 1.165) is 17.5 Å². The van der Waals surface area contributed by atoms with Crippen LogP contribution in [0.1, 0.15) is 42.7 Å². The molecule has 0 saturated carbocycles. The molecule has 1 aromatic rings. The summed E-state index contributed by atoms with van der Waals surface area (Å²) in [5, 5.41) is 8.77. The third-order valence-corrected chi connectivity index (χ3v) is 2.61. The number of nitrogens with zero attached hydrogens (tertiary/aromatic N) is 1. The maximum atomic E-state index is 11.4. The van der Waals surface area contributed by atoms with Crippen LogP contribution in [0.2, 0.25) is 0 Å². The zero-order valence-electron chi connectivity index (χ0n) is 9.60. The van der Waals surface area contributed by atoms with E-state index in [9.17, 15) is 4.79 Å². The van der Waals surface area contributed by atoms with E-state index in [1.807, 2.05) is 6.92 Å². The Labute approximate surface area is 99.8 Å². The van der Waals surface area contributed by atoms with Crippen LogP contribution in [-0.4, -0.2) is 5.97 Å². The lowest BCUT2D eigenvalue weighted by Gasteiger charge is -2.12. The first-order valence-corrected chi connectivity index (χ1v) is 5.58. The van der Waals surface area contributed by atoms with Crippen molar-refractivity contribution in [1.29, 1.82) is 5.26 Å². The summed E-state index contributed by atoms with van der Waals surface area (Å²) < 4.78 is 10.6. The fourth-order valence-electron chi connectivity index (χ4n) is 1.77. The molecule has 2 rings (SSSR count). The van der Waals surface area contributed by atoms with Gasteiger partial charge in [0.15, 0.2) is 0 Å². The van der Waals surface area contributed by atoms with Gasteiger partial charge in [-0.15, -0.1) is 0 Å². The molecule has 1 aliphatic heterocycles. The van der Waals surface area contributed by atoms with Crippen LogP contribution in [0.3, 0.4) is 0 Å². The Morgan fingerprint density at radius 2 is 2.47 bits per heavy atom. The molecule has 17 heavy (non-hydrogen) atoms. The average molecular weight is 231 g/mol. The van der Waals surface area contributed by atoms with Gasteiger partial charge in [-0.25, -0.2) is 0 Å². The van der Waals surface area contributed by atoms with Crippen molar-refractivity contribution in [3.8, 4) is 6.07 Å². The highest BCUT2D eigenvalue weighted by Crippen LogP contribution is 2.32. The number of rotatable bonds is 3. The molecule has 0 radical (unpaired) electrons. The highest BCUT2D eigenvalue weighted by molar-refractivity contribution is 5.69. The smallest absolute Gasteiger partial charge is 0.308 e. The second-order valence-electron chi connectivity index (χ2n) is 3.91. The zero-order valence-corrected chi connectivity index (χ0v) is 9.60. The summed E-state index contributed by atoms with van der Waals surface area (Å²) >= 11 is 0. The van der Waals surface area contributed by atoms with Gasteiger partial charge in [-0.2, -0.15) is 5.26 Å². The standard InChI is InChI=1S/C13H13NO3/c1-2-3-12(15)17-13-11-5-4-9(7-14)6-10(11)8-16-13/h4-6,13H,2-3,8H2,1H3. The Morgan fingerprint density at radius 3 is 3.18 bits per heavy atom. The van der Waals surface area contributed by atoms with E-state index >= 15 is 0 Å². The summed E-state index contributed by atoms with van der Waals surface area (Å²) in [6, 6.07) is 7.32. The van der Waals surface area contributed by atoms with Crippen LogP contribution in [-0.2, 0) is 20.9 Å². The molecule has 1 aliphatic rings. The third kappa shape index (κ3) is 2.45. The van der Waals surface area contributed by atoms with Gasteiger partial charge in [-0.1, -0.05) is 13.0 Å². The number of benzene rings is 1. The quantitative estimate of drug-likeness (QED) is 0.749. The predicted molar refractivity (Wildman–Crippen MR) is 59.7 cm³/mol. The topological polar surface area (TPSA) is 59.3 Å². The number of carbonyl (C=O) groups is 1. The first kappa shape index (κ1) is 11.6. The van der Waals surface area contributed by atoms with Gasteiger partial charge in [0, 0.05) is 12.0 Å². The number of hydrogen-bond acceptors (Lipinski definition) is 4. The molecule has 0 bridgehead atoms. The molecular weight excluding hydrogens is 218 g/mol. The number of nitriles is 1. The number of esters is 1. The van der Waals surface area contributed by atoms with Crippen LogP contribution in [0.5, 0.6) is 0 Å². The van der Waals surface area contributed by atoms with E-state index in [-0.39, 0.29) is 5.97 Å². The van der Waals surface area contributed by atoms with E-state index in [4.69, 9.17) is 14.7 Å². The SMILES string of the molecule is CCCC(=O)OC1OCc2cc(C#N)ccc21. The molecule has 4 nitrogen and oxygen atoms in total. The van der Waals surface area contributed by atoms with Crippen molar-refractivity contribution in [1.82, 2.24) is 0 Å².